The van der Waals surface area contributed by atoms with E-state index in [4.69, 9.17) is 0 Å². The maximum atomic E-state index is 13.4. The summed E-state index contributed by atoms with van der Waals surface area (Å²) >= 11 is 0. The van der Waals surface area contributed by atoms with Crippen LogP contribution in [0.15, 0.2) is 64.9 Å². The van der Waals surface area contributed by atoms with Gasteiger partial charge in [-0.3, -0.25) is 4.31 Å². The van der Waals surface area contributed by atoms with Crippen LogP contribution in [0.3, 0.4) is 0 Å². The van der Waals surface area contributed by atoms with Gasteiger partial charge in [-0.1, -0.05) is 30.3 Å². The lowest BCUT2D eigenvalue weighted by molar-refractivity contribution is 0.585. The Balaban J connectivity index is 2.18. The van der Waals surface area contributed by atoms with Crippen LogP contribution >= 0.6 is 0 Å². The molecule has 0 bridgehead atoms. The molecule has 132 valence electrons. The first-order valence-corrected chi connectivity index (χ1v) is 10.9. The third kappa shape index (κ3) is 3.48. The lowest BCUT2D eigenvalue weighted by atomic mass is 10.2. The molecule has 3 rings (SSSR count). The van der Waals surface area contributed by atoms with Gasteiger partial charge in [0.25, 0.3) is 10.0 Å². The zero-order valence-electron chi connectivity index (χ0n) is 14.0. The molecule has 1 heterocycles. The second-order valence-electron chi connectivity index (χ2n) is 6.13. The largest absolute Gasteiger partial charge is 0.265 e. The Morgan fingerprint density at radius 2 is 1.72 bits per heavy atom. The molecule has 0 fully saturated rings. The molecule has 0 amide bonds. The quantitative estimate of drug-likeness (QED) is 0.821. The van der Waals surface area contributed by atoms with Crippen molar-refractivity contribution in [1.29, 1.82) is 0 Å². The van der Waals surface area contributed by atoms with Crippen LogP contribution in [0.1, 0.15) is 11.1 Å². The van der Waals surface area contributed by atoms with Crippen LogP contribution in [0.4, 0.5) is 5.69 Å². The van der Waals surface area contributed by atoms with Crippen molar-refractivity contribution in [2.75, 3.05) is 10.1 Å². The maximum Gasteiger partial charge on any atom is 0.265 e. The number of rotatable bonds is 4. The van der Waals surface area contributed by atoms with E-state index in [1.165, 1.54) is 10.4 Å². The first kappa shape index (κ1) is 17.7. The van der Waals surface area contributed by atoms with Crippen molar-refractivity contribution >= 4 is 25.5 Å². The van der Waals surface area contributed by atoms with Gasteiger partial charge in [-0.05, 0) is 49.2 Å². The maximum absolute atomic E-state index is 13.4. The Kier molecular flexibility index (Phi) is 4.47. The monoisotopic (exact) mass is 377 g/mol. The highest BCUT2D eigenvalue weighted by molar-refractivity contribution is 7.95. The molecule has 0 aromatic heterocycles. The van der Waals surface area contributed by atoms with Gasteiger partial charge in [0.15, 0.2) is 9.84 Å². The molecular weight excluding hydrogens is 358 g/mol. The predicted octanol–water partition coefficient (Wildman–Crippen LogP) is 2.81. The van der Waals surface area contributed by atoms with Crippen molar-refractivity contribution in [2.45, 2.75) is 24.8 Å². The van der Waals surface area contributed by atoms with Gasteiger partial charge in [0, 0.05) is 5.41 Å². The fraction of sp³-hybridized carbons (Fsp3) is 0.222. The number of sulfonamides is 1. The number of para-hydroxylation sites is 1. The Morgan fingerprint density at radius 1 is 1.04 bits per heavy atom. The molecule has 5 nitrogen and oxygen atoms in total. The van der Waals surface area contributed by atoms with E-state index < -0.39 is 25.9 Å². The third-order valence-corrected chi connectivity index (χ3v) is 7.48. The van der Waals surface area contributed by atoms with Crippen LogP contribution in [-0.4, -0.2) is 28.6 Å². The first-order valence-electron chi connectivity index (χ1n) is 7.78. The predicted molar refractivity (Wildman–Crippen MR) is 98.7 cm³/mol. The van der Waals surface area contributed by atoms with Crippen molar-refractivity contribution in [1.82, 2.24) is 0 Å². The van der Waals surface area contributed by atoms with Gasteiger partial charge in [0.05, 0.1) is 22.4 Å². The molecule has 1 atom stereocenters. The molecule has 0 spiro atoms. The molecule has 2 aromatic carbocycles. The van der Waals surface area contributed by atoms with Crippen LogP contribution < -0.4 is 4.31 Å². The van der Waals surface area contributed by atoms with E-state index >= 15 is 0 Å². The average Bonchev–Trinajstić information content (AvgIpc) is 2.90. The summed E-state index contributed by atoms with van der Waals surface area (Å²) < 4.78 is 51.7. The van der Waals surface area contributed by atoms with Crippen LogP contribution in [0.25, 0.3) is 0 Å². The molecule has 0 saturated carbocycles. The smallest absolute Gasteiger partial charge is 0.258 e. The highest BCUT2D eigenvalue weighted by atomic mass is 32.2. The van der Waals surface area contributed by atoms with Crippen molar-refractivity contribution in [3.63, 3.8) is 0 Å². The molecule has 7 heteroatoms. The molecule has 0 aliphatic carbocycles. The topological polar surface area (TPSA) is 71.5 Å². The fourth-order valence-electron chi connectivity index (χ4n) is 2.88. The summed E-state index contributed by atoms with van der Waals surface area (Å²) in [5.41, 5.74) is 1.89. The molecule has 1 aliphatic heterocycles. The molecular formula is C18H19NO4S2. The molecule has 1 aliphatic rings. The van der Waals surface area contributed by atoms with Crippen molar-refractivity contribution in [3.05, 3.63) is 71.1 Å². The number of hydrogen-bond donors (Lipinski definition) is 0. The van der Waals surface area contributed by atoms with Gasteiger partial charge >= 0.3 is 0 Å². The molecule has 25 heavy (non-hydrogen) atoms. The second-order valence-corrected chi connectivity index (χ2v) is 9.85. The van der Waals surface area contributed by atoms with Gasteiger partial charge in [-0.2, -0.15) is 0 Å². The first-order chi connectivity index (χ1) is 11.7. The summed E-state index contributed by atoms with van der Waals surface area (Å²) in [5, 5.41) is 1.09. The van der Waals surface area contributed by atoms with Gasteiger partial charge in [0.1, 0.15) is 0 Å². The minimum atomic E-state index is -3.92. The molecule has 0 saturated heterocycles. The molecule has 0 unspecified atom stereocenters. The minimum Gasteiger partial charge on any atom is -0.258 e. The number of aryl methyl sites for hydroxylation is 2. The SMILES string of the molecule is Cc1ccc(C)c(S(=O)(=O)N(c2ccccc2)[C@@H]2C=CS(=O)(=O)C2)c1. The lowest BCUT2D eigenvalue weighted by Crippen LogP contribution is -2.41. The van der Waals surface area contributed by atoms with E-state index in [-0.39, 0.29) is 10.6 Å². The van der Waals surface area contributed by atoms with E-state index in [0.717, 1.165) is 11.0 Å². The zero-order chi connectivity index (χ0) is 18.2. The highest BCUT2D eigenvalue weighted by Gasteiger charge is 2.36. The van der Waals surface area contributed by atoms with Crippen molar-refractivity contribution < 1.29 is 16.8 Å². The summed E-state index contributed by atoms with van der Waals surface area (Å²) in [5.74, 6) is -0.258. The van der Waals surface area contributed by atoms with Crippen LogP contribution in [0, 0.1) is 13.8 Å². The summed E-state index contributed by atoms with van der Waals surface area (Å²) in [7, 11) is -7.32. The summed E-state index contributed by atoms with van der Waals surface area (Å²) in [6.07, 6.45) is 1.44. The zero-order valence-corrected chi connectivity index (χ0v) is 15.6. The Bertz CT molecular complexity index is 1030. The van der Waals surface area contributed by atoms with E-state index in [2.05, 4.69) is 0 Å². The Labute approximate surface area is 148 Å². The summed E-state index contributed by atoms with van der Waals surface area (Å²) in [6, 6.07) is 13.0. The fourth-order valence-corrected chi connectivity index (χ4v) is 6.16. The Hall–Kier alpha value is -2.12. The lowest BCUT2D eigenvalue weighted by Gasteiger charge is -2.29. The van der Waals surface area contributed by atoms with Gasteiger partial charge in [0.2, 0.25) is 0 Å². The number of benzene rings is 2. The summed E-state index contributed by atoms with van der Waals surface area (Å²) in [4.78, 5) is 0.189. The number of hydrogen-bond acceptors (Lipinski definition) is 4. The van der Waals surface area contributed by atoms with Crippen LogP contribution in [-0.2, 0) is 19.9 Å². The van der Waals surface area contributed by atoms with Crippen molar-refractivity contribution in [2.24, 2.45) is 0 Å². The Morgan fingerprint density at radius 3 is 2.32 bits per heavy atom. The highest BCUT2D eigenvalue weighted by Crippen LogP contribution is 2.31. The van der Waals surface area contributed by atoms with Crippen LogP contribution in [0.2, 0.25) is 0 Å². The van der Waals surface area contributed by atoms with Crippen molar-refractivity contribution in [3.8, 4) is 0 Å². The van der Waals surface area contributed by atoms with Gasteiger partial charge in [-0.15, -0.1) is 0 Å². The number of nitrogens with zero attached hydrogens (tertiary/aromatic N) is 1. The normalized spacial score (nSPS) is 19.0. The van der Waals surface area contributed by atoms with E-state index in [0.29, 0.717) is 11.3 Å². The van der Waals surface area contributed by atoms with E-state index in [1.807, 2.05) is 13.0 Å². The standard InChI is InChI=1S/C18H19NO4S2/c1-14-8-9-15(2)18(12-14)25(22,23)19(16-6-4-3-5-7-16)17-10-11-24(20,21)13-17/h3-12,17H,13H2,1-2H3/t17-/m1/s1. The average molecular weight is 377 g/mol. The second kappa shape index (κ2) is 6.31. The molecule has 0 radical (unpaired) electrons. The number of anilines is 1. The summed E-state index contributed by atoms with van der Waals surface area (Å²) in [6.45, 7) is 3.56. The minimum absolute atomic E-state index is 0.189. The van der Waals surface area contributed by atoms with E-state index in [9.17, 15) is 16.8 Å². The molecule has 2 aromatic rings. The third-order valence-electron chi connectivity index (χ3n) is 4.10. The number of sulfone groups is 1. The van der Waals surface area contributed by atoms with Gasteiger partial charge < -0.3 is 0 Å². The van der Waals surface area contributed by atoms with E-state index in [1.54, 1.807) is 49.4 Å². The molecule has 0 N–H and O–H groups in total. The van der Waals surface area contributed by atoms with Crippen LogP contribution in [0.5, 0.6) is 0 Å². The van der Waals surface area contributed by atoms with Gasteiger partial charge in [-0.25, -0.2) is 16.8 Å².